The number of alkyl halides is 5. The fraction of sp³-hybridized carbons (Fsp3) is 1.00. The van der Waals surface area contributed by atoms with E-state index in [0.29, 0.717) is 0 Å². The summed E-state index contributed by atoms with van der Waals surface area (Å²) in [5, 5.41) is 0. The molecule has 5 unspecified atom stereocenters. The highest BCUT2D eigenvalue weighted by Crippen LogP contribution is 2.44. The van der Waals surface area contributed by atoms with Gasteiger partial charge in [-0.3, -0.25) is 0 Å². The minimum absolute atomic E-state index is 0.493. The molecule has 0 amide bonds. The Kier molecular flexibility index (Phi) is 3.07. The lowest BCUT2D eigenvalue weighted by Gasteiger charge is -2.42. The van der Waals surface area contributed by atoms with Gasteiger partial charge in [0.25, 0.3) is 0 Å². The first-order chi connectivity index (χ1) is 6.36. The molecule has 5 heteroatoms. The number of hydrogen-bond donors (Lipinski definition) is 0. The van der Waals surface area contributed by atoms with Crippen molar-refractivity contribution in [3.63, 3.8) is 0 Å². The van der Waals surface area contributed by atoms with Crippen LogP contribution in [0.4, 0.5) is 22.0 Å². The third-order valence-corrected chi connectivity index (χ3v) is 3.01. The molecule has 1 fully saturated rings. The molecular weight excluding hydrogens is 203 g/mol. The van der Waals surface area contributed by atoms with Gasteiger partial charge in [0.1, 0.15) is 12.3 Å². The van der Waals surface area contributed by atoms with Gasteiger partial charge in [0.05, 0.1) is 0 Å². The minimum Gasteiger partial charge on any atom is -0.244 e. The third kappa shape index (κ3) is 1.41. The van der Waals surface area contributed by atoms with E-state index in [2.05, 4.69) is 0 Å². The Morgan fingerprint density at radius 1 is 1.00 bits per heavy atom. The number of halogens is 5. The molecule has 1 aliphatic carbocycles. The molecule has 0 aromatic carbocycles. The van der Waals surface area contributed by atoms with Crippen LogP contribution < -0.4 is 0 Å². The molecule has 0 aliphatic heterocycles. The molecule has 84 valence electrons. The molecule has 1 saturated carbocycles. The summed E-state index contributed by atoms with van der Waals surface area (Å²) in [6.45, 7) is 2.27. The van der Waals surface area contributed by atoms with Crippen LogP contribution in [0.25, 0.3) is 0 Å². The minimum atomic E-state index is -2.89. The van der Waals surface area contributed by atoms with Crippen molar-refractivity contribution in [3.05, 3.63) is 0 Å². The molecule has 6 atom stereocenters. The van der Waals surface area contributed by atoms with Gasteiger partial charge in [-0.15, -0.1) is 0 Å². The van der Waals surface area contributed by atoms with E-state index < -0.39 is 42.7 Å². The van der Waals surface area contributed by atoms with Gasteiger partial charge in [0, 0.05) is 5.92 Å². The summed E-state index contributed by atoms with van der Waals surface area (Å²) >= 11 is 0. The van der Waals surface area contributed by atoms with Crippen molar-refractivity contribution in [2.75, 3.05) is 0 Å². The molecule has 0 nitrogen and oxygen atoms in total. The van der Waals surface area contributed by atoms with Gasteiger partial charge in [-0.2, -0.15) is 0 Å². The Morgan fingerprint density at radius 2 is 1.50 bits per heavy atom. The average molecular weight is 216 g/mol. The number of hydrogen-bond acceptors (Lipinski definition) is 0. The molecule has 0 saturated heterocycles. The van der Waals surface area contributed by atoms with Crippen LogP contribution in [-0.2, 0) is 0 Å². The van der Waals surface area contributed by atoms with Crippen LogP contribution in [0, 0.1) is 5.92 Å². The maximum Gasteiger partial charge on any atom is 0.175 e. The molecule has 0 bridgehead atoms. The van der Waals surface area contributed by atoms with Crippen LogP contribution in [0.3, 0.4) is 0 Å². The lowest BCUT2D eigenvalue weighted by atomic mass is 9.73. The molecular formula is C9H13F5. The Hall–Kier alpha value is -0.350. The van der Waals surface area contributed by atoms with E-state index in [4.69, 9.17) is 0 Å². The first-order valence-electron chi connectivity index (χ1n) is 4.61. The van der Waals surface area contributed by atoms with E-state index in [0.717, 1.165) is 6.92 Å². The summed E-state index contributed by atoms with van der Waals surface area (Å²) < 4.78 is 65.8. The first kappa shape index (κ1) is 11.7. The van der Waals surface area contributed by atoms with Gasteiger partial charge >= 0.3 is 0 Å². The fourth-order valence-electron chi connectivity index (χ4n) is 1.86. The van der Waals surface area contributed by atoms with E-state index in [1.807, 2.05) is 0 Å². The Balaban J connectivity index is 2.98. The van der Waals surface area contributed by atoms with Crippen LogP contribution in [0.2, 0.25) is 0 Å². The van der Waals surface area contributed by atoms with Crippen LogP contribution in [-0.4, -0.2) is 30.4 Å². The summed E-state index contributed by atoms with van der Waals surface area (Å²) in [5.74, 6) is -1.44. The molecule has 0 radical (unpaired) electrons. The Labute approximate surface area is 79.5 Å². The Bertz CT molecular complexity index is 191. The van der Waals surface area contributed by atoms with E-state index in [9.17, 15) is 22.0 Å². The highest BCUT2D eigenvalue weighted by atomic mass is 19.2. The fourth-order valence-corrected chi connectivity index (χ4v) is 1.86. The number of rotatable bonds is 1. The summed E-state index contributed by atoms with van der Waals surface area (Å²) in [4.78, 5) is 0. The van der Waals surface area contributed by atoms with Crippen molar-refractivity contribution in [1.29, 1.82) is 0 Å². The predicted octanol–water partition coefficient (Wildman–Crippen LogP) is 3.11. The van der Waals surface area contributed by atoms with Gasteiger partial charge in [-0.1, -0.05) is 13.8 Å². The van der Waals surface area contributed by atoms with Crippen molar-refractivity contribution in [2.45, 2.75) is 50.6 Å². The summed E-state index contributed by atoms with van der Waals surface area (Å²) in [5.41, 5.74) is -2.89. The zero-order valence-corrected chi connectivity index (χ0v) is 7.98. The van der Waals surface area contributed by atoms with Gasteiger partial charge < -0.3 is 0 Å². The zero-order chi connectivity index (χ0) is 11.1. The molecule has 0 N–H and O–H groups in total. The van der Waals surface area contributed by atoms with Crippen LogP contribution >= 0.6 is 0 Å². The van der Waals surface area contributed by atoms with Crippen molar-refractivity contribution in [3.8, 4) is 0 Å². The molecule has 0 heterocycles. The Morgan fingerprint density at radius 3 is 1.93 bits per heavy atom. The van der Waals surface area contributed by atoms with Crippen molar-refractivity contribution in [2.24, 2.45) is 5.92 Å². The predicted molar refractivity (Wildman–Crippen MR) is 42.9 cm³/mol. The first-order valence-corrected chi connectivity index (χ1v) is 4.61. The third-order valence-electron chi connectivity index (χ3n) is 3.01. The van der Waals surface area contributed by atoms with Crippen molar-refractivity contribution < 1.29 is 22.0 Å². The van der Waals surface area contributed by atoms with Gasteiger partial charge in [-0.25, -0.2) is 22.0 Å². The van der Waals surface area contributed by atoms with E-state index in [-0.39, 0.29) is 0 Å². The normalized spacial score (nSPS) is 54.6. The van der Waals surface area contributed by atoms with E-state index in [1.165, 1.54) is 6.92 Å². The van der Waals surface area contributed by atoms with Crippen LogP contribution in [0.1, 0.15) is 20.3 Å². The summed E-state index contributed by atoms with van der Waals surface area (Å²) in [7, 11) is 0. The maximum absolute atomic E-state index is 13.6. The summed E-state index contributed by atoms with van der Waals surface area (Å²) in [6.07, 6.45) is -10.3. The second-order valence-electron chi connectivity index (χ2n) is 3.83. The standard InChI is InChI=1S/C9H13F5/c1-3-9(14)7(12)4(2)5(10)6(11)8(9)13/h4-8H,3H2,1-2H3/t4?,5-,6?,7?,8?,9?/m0/s1. The van der Waals surface area contributed by atoms with Crippen molar-refractivity contribution >= 4 is 0 Å². The SMILES string of the molecule is CCC1(F)C(F)C(C)[C@H](F)C(F)C1F. The van der Waals surface area contributed by atoms with Crippen molar-refractivity contribution in [1.82, 2.24) is 0 Å². The molecule has 0 aromatic heterocycles. The molecule has 1 aliphatic rings. The van der Waals surface area contributed by atoms with Crippen LogP contribution in [0.5, 0.6) is 0 Å². The smallest absolute Gasteiger partial charge is 0.175 e. The molecule has 14 heavy (non-hydrogen) atoms. The maximum atomic E-state index is 13.6. The van der Waals surface area contributed by atoms with Gasteiger partial charge in [0.2, 0.25) is 0 Å². The van der Waals surface area contributed by atoms with E-state index >= 15 is 0 Å². The largest absolute Gasteiger partial charge is 0.244 e. The highest BCUT2D eigenvalue weighted by molar-refractivity contribution is 5.07. The van der Waals surface area contributed by atoms with E-state index in [1.54, 1.807) is 0 Å². The molecule has 0 spiro atoms. The lowest BCUT2D eigenvalue weighted by Crippen LogP contribution is -2.60. The topological polar surface area (TPSA) is 0 Å². The van der Waals surface area contributed by atoms with Gasteiger partial charge in [0.15, 0.2) is 18.0 Å². The van der Waals surface area contributed by atoms with Crippen LogP contribution in [0.15, 0.2) is 0 Å². The molecule has 1 rings (SSSR count). The second kappa shape index (κ2) is 3.66. The quantitative estimate of drug-likeness (QED) is 0.591. The highest BCUT2D eigenvalue weighted by Gasteiger charge is 2.60. The monoisotopic (exact) mass is 216 g/mol. The summed E-state index contributed by atoms with van der Waals surface area (Å²) in [6, 6.07) is 0. The lowest BCUT2D eigenvalue weighted by molar-refractivity contribution is -0.143. The average Bonchev–Trinajstić information content (AvgIpc) is 2.21. The van der Waals surface area contributed by atoms with Gasteiger partial charge in [-0.05, 0) is 6.42 Å². The molecule has 0 aromatic rings. The zero-order valence-electron chi connectivity index (χ0n) is 7.98. The second-order valence-corrected chi connectivity index (χ2v) is 3.83.